The molecule has 3 aromatic rings. The molecule has 0 spiro atoms. The number of amides is 2. The van der Waals surface area contributed by atoms with Crippen molar-refractivity contribution in [2.75, 3.05) is 17.8 Å². The second-order valence-corrected chi connectivity index (χ2v) is 9.48. The molecule has 9 heteroatoms. The van der Waals surface area contributed by atoms with E-state index < -0.39 is 15.9 Å². The number of carbonyl (C=O) groups is 2. The third-order valence-corrected chi connectivity index (χ3v) is 6.66. The lowest BCUT2D eigenvalue weighted by Crippen LogP contribution is -2.35. The topological polar surface area (TPSA) is 104 Å². The van der Waals surface area contributed by atoms with E-state index in [9.17, 15) is 18.0 Å². The lowest BCUT2D eigenvalue weighted by Gasteiger charge is -2.13. The van der Waals surface area contributed by atoms with Gasteiger partial charge in [0.05, 0.1) is 21.2 Å². The molecule has 3 rings (SSSR count). The number of para-hydroxylation sites is 1. The van der Waals surface area contributed by atoms with Crippen LogP contribution in [-0.4, -0.2) is 33.3 Å². The lowest BCUT2D eigenvalue weighted by atomic mass is 10.1. The molecule has 0 saturated heterocycles. The average Bonchev–Trinajstić information content (AvgIpc) is 2.78. The Kier molecular flexibility index (Phi) is 7.73. The van der Waals surface area contributed by atoms with Crippen LogP contribution in [0.2, 0.25) is 5.02 Å². The maximum atomic E-state index is 12.8. The fourth-order valence-corrected chi connectivity index (χ4v) is 4.47. The molecular weight excluding hydrogens is 462 g/mol. The summed E-state index contributed by atoms with van der Waals surface area (Å²) in [5.41, 5.74) is 2.46. The van der Waals surface area contributed by atoms with E-state index in [4.69, 9.17) is 11.6 Å². The molecule has 0 saturated carbocycles. The number of benzene rings is 3. The van der Waals surface area contributed by atoms with Crippen molar-refractivity contribution >= 4 is 39.1 Å². The van der Waals surface area contributed by atoms with Gasteiger partial charge in [-0.1, -0.05) is 48.0 Å². The summed E-state index contributed by atoms with van der Waals surface area (Å²) in [6, 6.07) is 18.1. The second-order valence-electron chi connectivity index (χ2n) is 7.39. The molecule has 3 N–H and O–H groups in total. The molecule has 0 heterocycles. The van der Waals surface area contributed by atoms with E-state index in [0.717, 1.165) is 5.56 Å². The van der Waals surface area contributed by atoms with Crippen molar-refractivity contribution < 1.29 is 18.0 Å². The summed E-state index contributed by atoms with van der Waals surface area (Å²) in [7, 11) is -3.88. The smallest absolute Gasteiger partial charge is 0.261 e. The second kappa shape index (κ2) is 10.5. The SMILES string of the molecule is Cc1ccccc1NS(=O)(=O)c1ccc(C)c(C(=O)NCCNC(=O)c2ccccc2Cl)c1. The third-order valence-electron chi connectivity index (χ3n) is 4.97. The number of hydrogen-bond donors (Lipinski definition) is 3. The summed E-state index contributed by atoms with van der Waals surface area (Å²) in [6.07, 6.45) is 0. The van der Waals surface area contributed by atoms with Crippen LogP contribution < -0.4 is 15.4 Å². The van der Waals surface area contributed by atoms with Crippen LogP contribution in [0.25, 0.3) is 0 Å². The van der Waals surface area contributed by atoms with Gasteiger partial charge in [-0.3, -0.25) is 14.3 Å². The first kappa shape index (κ1) is 24.3. The molecule has 0 bridgehead atoms. The predicted molar refractivity (Wildman–Crippen MR) is 129 cm³/mol. The highest BCUT2D eigenvalue weighted by Crippen LogP contribution is 2.21. The number of hydrogen-bond acceptors (Lipinski definition) is 4. The summed E-state index contributed by atoms with van der Waals surface area (Å²) in [6.45, 7) is 3.87. The van der Waals surface area contributed by atoms with Gasteiger partial charge in [-0.05, 0) is 55.3 Å². The highest BCUT2D eigenvalue weighted by atomic mass is 35.5. The standard InChI is InChI=1S/C24H24ClN3O4S/c1-16-11-12-18(33(31,32)28-22-10-6-3-7-17(22)2)15-20(16)24(30)27-14-13-26-23(29)19-8-4-5-9-21(19)25/h3-12,15,28H,13-14H2,1-2H3,(H,26,29)(H,27,30). The Balaban J connectivity index is 1.64. The fourth-order valence-electron chi connectivity index (χ4n) is 3.09. The Morgan fingerprint density at radius 1 is 0.788 bits per heavy atom. The van der Waals surface area contributed by atoms with Crippen LogP contribution in [0.1, 0.15) is 31.8 Å². The van der Waals surface area contributed by atoms with Crippen LogP contribution in [0.3, 0.4) is 0 Å². The number of sulfonamides is 1. The van der Waals surface area contributed by atoms with Crippen molar-refractivity contribution in [1.82, 2.24) is 10.6 Å². The molecule has 0 aliphatic carbocycles. The monoisotopic (exact) mass is 485 g/mol. The van der Waals surface area contributed by atoms with Crippen LogP contribution >= 0.6 is 11.6 Å². The van der Waals surface area contributed by atoms with Crippen molar-refractivity contribution in [3.8, 4) is 0 Å². The largest absolute Gasteiger partial charge is 0.350 e. The highest BCUT2D eigenvalue weighted by Gasteiger charge is 2.19. The van der Waals surface area contributed by atoms with Gasteiger partial charge in [-0.15, -0.1) is 0 Å². The molecule has 2 amide bonds. The molecule has 0 fully saturated rings. The van der Waals surface area contributed by atoms with Crippen LogP contribution in [0.15, 0.2) is 71.6 Å². The molecule has 0 aliphatic rings. The zero-order valence-electron chi connectivity index (χ0n) is 18.2. The van der Waals surface area contributed by atoms with Crippen molar-refractivity contribution in [2.45, 2.75) is 18.7 Å². The minimum atomic E-state index is -3.88. The summed E-state index contributed by atoms with van der Waals surface area (Å²) in [4.78, 5) is 24.8. The first-order valence-electron chi connectivity index (χ1n) is 10.2. The maximum absolute atomic E-state index is 12.8. The zero-order valence-corrected chi connectivity index (χ0v) is 19.8. The number of nitrogens with one attached hydrogen (secondary N) is 3. The quantitative estimate of drug-likeness (QED) is 0.420. The normalized spacial score (nSPS) is 11.0. The van der Waals surface area contributed by atoms with Crippen LogP contribution in [0.5, 0.6) is 0 Å². The van der Waals surface area contributed by atoms with Crippen molar-refractivity contribution in [3.05, 3.63) is 94.0 Å². The molecule has 0 aliphatic heterocycles. The minimum Gasteiger partial charge on any atom is -0.350 e. The molecule has 0 radical (unpaired) electrons. The van der Waals surface area contributed by atoms with Gasteiger partial charge in [0.15, 0.2) is 0 Å². The molecule has 0 unspecified atom stereocenters. The molecule has 0 aromatic heterocycles. The third kappa shape index (κ3) is 6.12. The highest BCUT2D eigenvalue weighted by molar-refractivity contribution is 7.92. The van der Waals surface area contributed by atoms with Gasteiger partial charge >= 0.3 is 0 Å². The molecule has 0 atom stereocenters. The van der Waals surface area contributed by atoms with E-state index in [-0.39, 0.29) is 29.5 Å². The van der Waals surface area contributed by atoms with Gasteiger partial charge in [0.1, 0.15) is 0 Å². The summed E-state index contributed by atoms with van der Waals surface area (Å²) < 4.78 is 28.2. The van der Waals surface area contributed by atoms with E-state index in [0.29, 0.717) is 21.8 Å². The van der Waals surface area contributed by atoms with Gasteiger partial charge in [0.25, 0.3) is 21.8 Å². The van der Waals surface area contributed by atoms with Gasteiger partial charge in [0, 0.05) is 18.7 Å². The Morgan fingerprint density at radius 2 is 1.39 bits per heavy atom. The average molecular weight is 486 g/mol. The number of halogens is 1. The van der Waals surface area contributed by atoms with Gasteiger partial charge in [-0.25, -0.2) is 8.42 Å². The number of anilines is 1. The van der Waals surface area contributed by atoms with Crippen LogP contribution in [0.4, 0.5) is 5.69 Å². The van der Waals surface area contributed by atoms with E-state index in [1.807, 2.05) is 6.07 Å². The lowest BCUT2D eigenvalue weighted by molar-refractivity contribution is 0.0927. The van der Waals surface area contributed by atoms with Gasteiger partial charge < -0.3 is 10.6 Å². The minimum absolute atomic E-state index is 0.0199. The molecule has 7 nitrogen and oxygen atoms in total. The zero-order chi connectivity index (χ0) is 24.0. The predicted octanol–water partition coefficient (Wildman–Crippen LogP) is 3.92. The summed E-state index contributed by atoms with van der Waals surface area (Å²) >= 11 is 6.01. The number of rotatable bonds is 8. The maximum Gasteiger partial charge on any atom is 0.261 e. The van der Waals surface area contributed by atoms with Crippen LogP contribution in [0, 0.1) is 13.8 Å². The Morgan fingerprint density at radius 3 is 2.06 bits per heavy atom. The van der Waals surface area contributed by atoms with Crippen molar-refractivity contribution in [1.29, 1.82) is 0 Å². The van der Waals surface area contributed by atoms with E-state index in [2.05, 4.69) is 15.4 Å². The van der Waals surface area contributed by atoms with Crippen molar-refractivity contribution in [2.24, 2.45) is 0 Å². The van der Waals surface area contributed by atoms with E-state index in [1.54, 1.807) is 62.4 Å². The molecular formula is C24H24ClN3O4S. The Bertz CT molecular complexity index is 1290. The number of carbonyl (C=O) groups excluding carboxylic acids is 2. The van der Waals surface area contributed by atoms with E-state index in [1.165, 1.54) is 12.1 Å². The first-order valence-corrected chi connectivity index (χ1v) is 12.0. The Labute approximate surface area is 198 Å². The molecule has 3 aromatic carbocycles. The number of aryl methyl sites for hydroxylation is 2. The molecule has 172 valence electrons. The van der Waals surface area contributed by atoms with Gasteiger partial charge in [-0.2, -0.15) is 0 Å². The Hall–Kier alpha value is -3.36. The summed E-state index contributed by atoms with van der Waals surface area (Å²) in [5, 5.41) is 5.72. The first-order chi connectivity index (χ1) is 15.7. The fraction of sp³-hybridized carbons (Fsp3) is 0.167. The van der Waals surface area contributed by atoms with Gasteiger partial charge in [0.2, 0.25) is 0 Å². The van der Waals surface area contributed by atoms with E-state index >= 15 is 0 Å². The van der Waals surface area contributed by atoms with Crippen LogP contribution in [-0.2, 0) is 10.0 Å². The summed E-state index contributed by atoms with van der Waals surface area (Å²) in [5.74, 6) is -0.783. The van der Waals surface area contributed by atoms with Crippen molar-refractivity contribution in [3.63, 3.8) is 0 Å². The molecule has 33 heavy (non-hydrogen) atoms.